The molecule has 1 amide bonds. The number of carbonyl (C=O) groups is 1. The maximum atomic E-state index is 13.3. The van der Waals surface area contributed by atoms with Crippen molar-refractivity contribution in [3.63, 3.8) is 0 Å². The number of fused-ring (bicyclic) bond motifs is 1. The van der Waals surface area contributed by atoms with Gasteiger partial charge in [-0.1, -0.05) is 29.8 Å². The van der Waals surface area contributed by atoms with E-state index >= 15 is 0 Å². The average molecular weight is 447 g/mol. The zero-order chi connectivity index (χ0) is 22.4. The molecule has 1 aliphatic heterocycles. The second kappa shape index (κ2) is 7.87. The van der Waals surface area contributed by atoms with Gasteiger partial charge in [0.2, 0.25) is 0 Å². The maximum absolute atomic E-state index is 13.3. The molecule has 0 N–H and O–H groups in total. The van der Waals surface area contributed by atoms with Crippen molar-refractivity contribution in [1.29, 1.82) is 0 Å². The summed E-state index contributed by atoms with van der Waals surface area (Å²) in [6, 6.07) is 11.3. The van der Waals surface area contributed by atoms with Crippen molar-refractivity contribution in [3.05, 3.63) is 86.7 Å². The number of aryl methyl sites for hydroxylation is 3. The Labute approximate surface area is 188 Å². The van der Waals surface area contributed by atoms with E-state index in [1.165, 1.54) is 27.2 Å². The van der Waals surface area contributed by atoms with E-state index in [2.05, 4.69) is 10.1 Å². The van der Waals surface area contributed by atoms with Crippen LogP contribution in [0.5, 0.6) is 0 Å². The molecular formula is C24H22N4O3S. The standard InChI is InChI=1S/C24H22N4O3S/c1-14-6-8-17(9-7-14)18-11-19(20-5-4-10-31-20)28(26-18)21(29)12-27-13-25-23-22(24(27)30)15(2)16(3)32-23/h4-10,13,19H,11-12H2,1-3H3. The molecule has 8 heteroatoms. The average Bonchev–Trinajstić information content (AvgIpc) is 3.50. The lowest BCUT2D eigenvalue weighted by atomic mass is 10.0. The molecule has 0 saturated carbocycles. The van der Waals surface area contributed by atoms with Gasteiger partial charge in [0.1, 0.15) is 23.2 Å². The summed E-state index contributed by atoms with van der Waals surface area (Å²) in [6.45, 7) is 5.77. The van der Waals surface area contributed by atoms with Crippen LogP contribution in [-0.4, -0.2) is 26.2 Å². The maximum Gasteiger partial charge on any atom is 0.263 e. The molecule has 1 atom stereocenters. The third kappa shape index (κ3) is 3.46. The molecule has 1 aliphatic rings. The second-order valence-electron chi connectivity index (χ2n) is 8.03. The summed E-state index contributed by atoms with van der Waals surface area (Å²) >= 11 is 1.49. The lowest BCUT2D eigenvalue weighted by Gasteiger charge is -2.20. The van der Waals surface area contributed by atoms with E-state index in [0.717, 1.165) is 27.3 Å². The molecule has 4 aromatic rings. The van der Waals surface area contributed by atoms with Gasteiger partial charge >= 0.3 is 0 Å². The molecule has 1 unspecified atom stereocenters. The number of aromatic nitrogens is 2. The minimum Gasteiger partial charge on any atom is -0.467 e. The molecule has 0 saturated heterocycles. The summed E-state index contributed by atoms with van der Waals surface area (Å²) in [4.78, 5) is 32.5. The fraction of sp³-hybridized carbons (Fsp3) is 0.250. The molecule has 1 aromatic carbocycles. The van der Waals surface area contributed by atoms with Crippen molar-refractivity contribution in [3.8, 4) is 0 Å². The highest BCUT2D eigenvalue weighted by Gasteiger charge is 2.35. The van der Waals surface area contributed by atoms with Crippen molar-refractivity contribution in [2.45, 2.75) is 39.8 Å². The lowest BCUT2D eigenvalue weighted by molar-refractivity contribution is -0.134. The summed E-state index contributed by atoms with van der Waals surface area (Å²) in [6.07, 6.45) is 3.57. The Balaban J connectivity index is 1.49. The van der Waals surface area contributed by atoms with Crippen LogP contribution in [0.3, 0.4) is 0 Å². The Morgan fingerprint density at radius 1 is 1.19 bits per heavy atom. The van der Waals surface area contributed by atoms with Gasteiger partial charge in [-0.05, 0) is 44.0 Å². The summed E-state index contributed by atoms with van der Waals surface area (Å²) in [7, 11) is 0. The minimum atomic E-state index is -0.355. The van der Waals surface area contributed by atoms with Crippen LogP contribution >= 0.6 is 11.3 Å². The number of amides is 1. The van der Waals surface area contributed by atoms with Crippen molar-refractivity contribution in [1.82, 2.24) is 14.6 Å². The van der Waals surface area contributed by atoms with Gasteiger partial charge in [0.25, 0.3) is 11.5 Å². The molecule has 32 heavy (non-hydrogen) atoms. The van der Waals surface area contributed by atoms with Crippen LogP contribution in [0, 0.1) is 20.8 Å². The van der Waals surface area contributed by atoms with Gasteiger partial charge in [0.05, 0.1) is 23.7 Å². The third-order valence-electron chi connectivity index (χ3n) is 5.88. The Morgan fingerprint density at radius 2 is 1.97 bits per heavy atom. The first-order chi connectivity index (χ1) is 15.4. The molecule has 7 nitrogen and oxygen atoms in total. The predicted octanol–water partition coefficient (Wildman–Crippen LogP) is 4.35. The number of thiophene rings is 1. The minimum absolute atomic E-state index is 0.141. The van der Waals surface area contributed by atoms with Gasteiger partial charge in [0.15, 0.2) is 0 Å². The molecule has 162 valence electrons. The quantitative estimate of drug-likeness (QED) is 0.467. The number of benzene rings is 1. The first-order valence-corrected chi connectivity index (χ1v) is 11.2. The molecule has 0 spiro atoms. The molecule has 3 aromatic heterocycles. The largest absolute Gasteiger partial charge is 0.467 e. The van der Waals surface area contributed by atoms with Crippen molar-refractivity contribution >= 4 is 33.2 Å². The predicted molar refractivity (Wildman–Crippen MR) is 124 cm³/mol. The van der Waals surface area contributed by atoms with Gasteiger partial charge in [-0.25, -0.2) is 9.99 Å². The highest BCUT2D eigenvalue weighted by atomic mass is 32.1. The zero-order valence-corrected chi connectivity index (χ0v) is 18.8. The Hall–Kier alpha value is -3.52. The molecule has 0 aliphatic carbocycles. The number of hydrazone groups is 1. The first-order valence-electron chi connectivity index (χ1n) is 10.4. The van der Waals surface area contributed by atoms with Crippen LogP contribution in [0.25, 0.3) is 10.2 Å². The van der Waals surface area contributed by atoms with Gasteiger partial charge in [-0.15, -0.1) is 11.3 Å². The number of carbonyl (C=O) groups excluding carboxylic acids is 1. The van der Waals surface area contributed by atoms with E-state index in [9.17, 15) is 9.59 Å². The molecule has 0 bridgehead atoms. The Bertz CT molecular complexity index is 1400. The van der Waals surface area contributed by atoms with E-state index in [4.69, 9.17) is 4.42 Å². The van der Waals surface area contributed by atoms with Crippen molar-refractivity contribution in [2.24, 2.45) is 5.10 Å². The Kier molecular flexibility index (Phi) is 5.01. The molecule has 0 fully saturated rings. The SMILES string of the molecule is Cc1ccc(C2=NN(C(=O)Cn3cnc4sc(C)c(C)c4c3=O)C(c3ccco3)C2)cc1. The summed E-state index contributed by atoms with van der Waals surface area (Å²) in [5, 5.41) is 6.66. The van der Waals surface area contributed by atoms with Crippen LogP contribution < -0.4 is 5.56 Å². The van der Waals surface area contributed by atoms with Crippen molar-refractivity contribution < 1.29 is 9.21 Å². The number of furan rings is 1. The van der Waals surface area contributed by atoms with Gasteiger partial charge < -0.3 is 4.42 Å². The van der Waals surface area contributed by atoms with Crippen LogP contribution in [-0.2, 0) is 11.3 Å². The highest BCUT2D eigenvalue weighted by Crippen LogP contribution is 2.33. The van der Waals surface area contributed by atoms with Crippen LogP contribution in [0.15, 0.2) is 63.3 Å². The fourth-order valence-corrected chi connectivity index (χ4v) is 4.95. The monoisotopic (exact) mass is 446 g/mol. The van der Waals surface area contributed by atoms with E-state index in [0.29, 0.717) is 22.4 Å². The summed E-state index contributed by atoms with van der Waals surface area (Å²) in [5.41, 5.74) is 3.64. The number of rotatable bonds is 4. The number of hydrogen-bond donors (Lipinski definition) is 0. The Morgan fingerprint density at radius 3 is 2.69 bits per heavy atom. The zero-order valence-electron chi connectivity index (χ0n) is 18.0. The third-order valence-corrected chi connectivity index (χ3v) is 7.00. The molecule has 4 heterocycles. The highest BCUT2D eigenvalue weighted by molar-refractivity contribution is 7.18. The summed E-state index contributed by atoms with van der Waals surface area (Å²) in [5.74, 6) is 0.371. The summed E-state index contributed by atoms with van der Waals surface area (Å²) < 4.78 is 6.97. The van der Waals surface area contributed by atoms with E-state index in [1.54, 1.807) is 12.3 Å². The number of hydrogen-bond acceptors (Lipinski definition) is 6. The molecular weight excluding hydrogens is 424 g/mol. The van der Waals surface area contributed by atoms with Crippen molar-refractivity contribution in [2.75, 3.05) is 0 Å². The number of nitrogens with zero attached hydrogens (tertiary/aromatic N) is 4. The topological polar surface area (TPSA) is 80.7 Å². The van der Waals surface area contributed by atoms with Gasteiger partial charge in [-0.3, -0.25) is 14.2 Å². The van der Waals surface area contributed by atoms with Gasteiger partial charge in [0, 0.05) is 11.3 Å². The second-order valence-corrected chi connectivity index (χ2v) is 9.23. The van der Waals surface area contributed by atoms with Crippen LogP contribution in [0.1, 0.15) is 39.8 Å². The molecule has 5 rings (SSSR count). The van der Waals surface area contributed by atoms with Crippen LogP contribution in [0.2, 0.25) is 0 Å². The molecule has 0 radical (unpaired) electrons. The van der Waals surface area contributed by atoms with E-state index in [-0.39, 0.29) is 24.1 Å². The normalized spacial score (nSPS) is 16.0. The van der Waals surface area contributed by atoms with E-state index < -0.39 is 0 Å². The van der Waals surface area contributed by atoms with Gasteiger partial charge in [-0.2, -0.15) is 5.10 Å². The smallest absolute Gasteiger partial charge is 0.263 e. The first kappa shape index (κ1) is 20.4. The fourth-order valence-electron chi connectivity index (χ4n) is 3.96. The lowest BCUT2D eigenvalue weighted by Crippen LogP contribution is -2.34. The van der Waals surface area contributed by atoms with E-state index in [1.807, 2.05) is 51.1 Å². The van der Waals surface area contributed by atoms with Crippen LogP contribution in [0.4, 0.5) is 0 Å².